The molecule has 4 aromatic rings. The number of amides is 1. The number of carbonyl (C=O) groups is 1. The molecular formula is C30H30F2N4O2. The lowest BCUT2D eigenvalue weighted by molar-refractivity contribution is 0.0111. The Morgan fingerprint density at radius 1 is 0.974 bits per heavy atom. The predicted octanol–water partition coefficient (Wildman–Crippen LogP) is 4.74. The molecule has 3 aromatic carbocycles. The molecule has 1 aliphatic heterocycles. The summed E-state index contributed by atoms with van der Waals surface area (Å²) in [6.07, 6.45) is 0.483. The SMILES string of the molecule is Cc1cc(C(N)=O)nn1-c1ccc(Cc2ccc(-c3ccc(CN4CC(F)(F)CC4CO)cc3)cc2)cc1. The van der Waals surface area contributed by atoms with Gasteiger partial charge >= 0.3 is 0 Å². The van der Waals surface area contributed by atoms with Crippen LogP contribution in [0.2, 0.25) is 0 Å². The molecule has 0 aliphatic carbocycles. The summed E-state index contributed by atoms with van der Waals surface area (Å²) < 4.78 is 29.2. The fraction of sp³-hybridized carbons (Fsp3) is 0.267. The van der Waals surface area contributed by atoms with Gasteiger partial charge in [0.1, 0.15) is 0 Å². The Hall–Kier alpha value is -3.88. The molecule has 1 unspecified atom stereocenters. The number of likely N-dealkylation sites (tertiary alicyclic amines) is 1. The summed E-state index contributed by atoms with van der Waals surface area (Å²) in [4.78, 5) is 13.1. The van der Waals surface area contributed by atoms with E-state index in [1.165, 1.54) is 5.56 Å². The topological polar surface area (TPSA) is 84.4 Å². The number of nitrogens with two attached hydrogens (primary N) is 1. The first-order valence-corrected chi connectivity index (χ1v) is 12.6. The van der Waals surface area contributed by atoms with Gasteiger partial charge in [-0.2, -0.15) is 5.10 Å². The minimum atomic E-state index is -2.74. The van der Waals surface area contributed by atoms with Gasteiger partial charge in [-0.3, -0.25) is 9.69 Å². The summed E-state index contributed by atoms with van der Waals surface area (Å²) in [7, 11) is 0. The summed E-state index contributed by atoms with van der Waals surface area (Å²) in [6.45, 7) is 1.70. The summed E-state index contributed by atoms with van der Waals surface area (Å²) in [6, 6.07) is 25.5. The van der Waals surface area contributed by atoms with Crippen LogP contribution in [0.1, 0.15) is 39.3 Å². The number of halogens is 2. The van der Waals surface area contributed by atoms with E-state index in [1.807, 2.05) is 55.5 Å². The molecular weight excluding hydrogens is 486 g/mol. The second kappa shape index (κ2) is 10.5. The van der Waals surface area contributed by atoms with Gasteiger partial charge in [0.2, 0.25) is 0 Å². The van der Waals surface area contributed by atoms with Crippen LogP contribution in [-0.4, -0.2) is 50.8 Å². The zero-order valence-corrected chi connectivity index (χ0v) is 21.1. The number of benzene rings is 3. The molecule has 0 spiro atoms. The van der Waals surface area contributed by atoms with Gasteiger partial charge < -0.3 is 10.8 Å². The van der Waals surface area contributed by atoms with Gasteiger partial charge in [-0.15, -0.1) is 0 Å². The van der Waals surface area contributed by atoms with E-state index in [9.17, 15) is 18.7 Å². The molecule has 3 N–H and O–H groups in total. The number of aryl methyl sites for hydroxylation is 1. The number of hydrogen-bond donors (Lipinski definition) is 2. The second-order valence-electron chi connectivity index (χ2n) is 9.99. The van der Waals surface area contributed by atoms with Crippen LogP contribution in [0.25, 0.3) is 16.8 Å². The van der Waals surface area contributed by atoms with E-state index >= 15 is 0 Å². The van der Waals surface area contributed by atoms with Crippen molar-refractivity contribution in [2.45, 2.75) is 38.3 Å². The third-order valence-corrected chi connectivity index (χ3v) is 7.05. The molecule has 1 fully saturated rings. The van der Waals surface area contributed by atoms with Crippen LogP contribution in [0.4, 0.5) is 8.78 Å². The van der Waals surface area contributed by atoms with Crippen molar-refractivity contribution in [2.75, 3.05) is 13.2 Å². The monoisotopic (exact) mass is 516 g/mol. The fourth-order valence-corrected chi connectivity index (χ4v) is 5.03. The van der Waals surface area contributed by atoms with Crippen LogP contribution in [0.5, 0.6) is 0 Å². The Bertz CT molecular complexity index is 1410. The van der Waals surface area contributed by atoms with Crippen LogP contribution >= 0.6 is 0 Å². The highest BCUT2D eigenvalue weighted by atomic mass is 19.3. The maximum absolute atomic E-state index is 13.7. The molecule has 0 saturated carbocycles. The van der Waals surface area contributed by atoms with Crippen molar-refractivity contribution in [3.63, 3.8) is 0 Å². The average Bonchev–Trinajstić information content (AvgIpc) is 3.44. The van der Waals surface area contributed by atoms with E-state index in [-0.39, 0.29) is 25.3 Å². The maximum Gasteiger partial charge on any atom is 0.269 e. The van der Waals surface area contributed by atoms with Crippen LogP contribution in [0.3, 0.4) is 0 Å². The molecule has 1 aromatic heterocycles. The minimum absolute atomic E-state index is 0.243. The lowest BCUT2D eigenvalue weighted by atomic mass is 9.99. The molecule has 1 amide bonds. The van der Waals surface area contributed by atoms with Crippen molar-refractivity contribution in [3.8, 4) is 16.8 Å². The van der Waals surface area contributed by atoms with E-state index in [0.717, 1.165) is 40.1 Å². The van der Waals surface area contributed by atoms with Crippen LogP contribution in [0.15, 0.2) is 78.9 Å². The molecule has 1 atom stereocenters. The molecule has 6 nitrogen and oxygen atoms in total. The molecule has 5 rings (SSSR count). The number of aliphatic hydroxyl groups is 1. The van der Waals surface area contributed by atoms with Crippen molar-refractivity contribution in [2.24, 2.45) is 5.73 Å². The summed E-state index contributed by atoms with van der Waals surface area (Å²) >= 11 is 0. The highest BCUT2D eigenvalue weighted by Gasteiger charge is 2.44. The van der Waals surface area contributed by atoms with Gasteiger partial charge in [-0.25, -0.2) is 13.5 Å². The third-order valence-electron chi connectivity index (χ3n) is 7.05. The molecule has 2 heterocycles. The van der Waals surface area contributed by atoms with Crippen LogP contribution < -0.4 is 5.73 Å². The number of carbonyl (C=O) groups excluding carboxylic acids is 1. The Balaban J connectivity index is 1.21. The summed E-state index contributed by atoms with van der Waals surface area (Å²) in [5.74, 6) is -3.29. The first-order chi connectivity index (χ1) is 18.2. The second-order valence-corrected chi connectivity index (χ2v) is 9.99. The number of aromatic nitrogens is 2. The van der Waals surface area contributed by atoms with E-state index in [4.69, 9.17) is 5.73 Å². The predicted molar refractivity (Wildman–Crippen MR) is 142 cm³/mol. The van der Waals surface area contributed by atoms with Crippen molar-refractivity contribution >= 4 is 5.91 Å². The number of aliphatic hydroxyl groups excluding tert-OH is 1. The first-order valence-electron chi connectivity index (χ1n) is 12.6. The van der Waals surface area contributed by atoms with Crippen molar-refractivity contribution in [1.29, 1.82) is 0 Å². The zero-order valence-electron chi connectivity index (χ0n) is 21.1. The van der Waals surface area contributed by atoms with E-state index in [0.29, 0.717) is 6.54 Å². The standard InChI is InChI=1S/C30H30F2N4O2/c1-20-14-28(29(33)38)34-36(20)26-12-6-22(7-13-26)15-21-2-8-24(9-3-21)25-10-4-23(5-11-25)17-35-19-30(31,32)16-27(35)18-37/h2-14,27,37H,15-19H2,1H3,(H2,33,38). The lowest BCUT2D eigenvalue weighted by Gasteiger charge is -2.21. The van der Waals surface area contributed by atoms with Crippen molar-refractivity contribution < 1.29 is 18.7 Å². The van der Waals surface area contributed by atoms with Gasteiger partial charge in [0.05, 0.1) is 18.8 Å². The molecule has 1 aliphatic rings. The number of nitrogens with zero attached hydrogens (tertiary/aromatic N) is 3. The van der Waals surface area contributed by atoms with Crippen molar-refractivity contribution in [1.82, 2.24) is 14.7 Å². The molecule has 0 radical (unpaired) electrons. The highest BCUT2D eigenvalue weighted by Crippen LogP contribution is 2.33. The zero-order chi connectivity index (χ0) is 26.9. The highest BCUT2D eigenvalue weighted by molar-refractivity contribution is 5.90. The van der Waals surface area contributed by atoms with Crippen LogP contribution in [0, 0.1) is 6.92 Å². The molecule has 1 saturated heterocycles. The molecule has 8 heteroatoms. The molecule has 38 heavy (non-hydrogen) atoms. The summed E-state index contributed by atoms with van der Waals surface area (Å²) in [5, 5.41) is 13.7. The average molecular weight is 517 g/mol. The Labute approximate surface area is 220 Å². The quantitative estimate of drug-likeness (QED) is 0.354. The van der Waals surface area contributed by atoms with Gasteiger partial charge in [-0.1, -0.05) is 60.7 Å². The molecule has 196 valence electrons. The minimum Gasteiger partial charge on any atom is -0.395 e. The lowest BCUT2D eigenvalue weighted by Crippen LogP contribution is -2.32. The van der Waals surface area contributed by atoms with E-state index < -0.39 is 17.9 Å². The number of hydrogen-bond acceptors (Lipinski definition) is 4. The molecule has 0 bridgehead atoms. The van der Waals surface area contributed by atoms with Crippen molar-refractivity contribution in [3.05, 3.63) is 107 Å². The van der Waals surface area contributed by atoms with Gasteiger partial charge in [-0.05, 0) is 59.4 Å². The van der Waals surface area contributed by atoms with Gasteiger partial charge in [0.25, 0.3) is 11.8 Å². The van der Waals surface area contributed by atoms with E-state index in [1.54, 1.807) is 15.6 Å². The maximum atomic E-state index is 13.7. The smallest absolute Gasteiger partial charge is 0.269 e. The van der Waals surface area contributed by atoms with Crippen LogP contribution in [-0.2, 0) is 13.0 Å². The first kappa shape index (κ1) is 25.8. The number of rotatable bonds is 8. The Morgan fingerprint density at radius 2 is 1.53 bits per heavy atom. The van der Waals surface area contributed by atoms with E-state index in [2.05, 4.69) is 29.4 Å². The Kier molecular flexibility index (Phi) is 7.10. The number of alkyl halides is 2. The fourth-order valence-electron chi connectivity index (χ4n) is 5.03. The Morgan fingerprint density at radius 3 is 2.05 bits per heavy atom. The largest absolute Gasteiger partial charge is 0.395 e. The number of primary amides is 1. The summed E-state index contributed by atoms with van der Waals surface area (Å²) in [5.41, 5.74) is 12.7. The van der Waals surface area contributed by atoms with Gasteiger partial charge in [0.15, 0.2) is 5.69 Å². The third kappa shape index (κ3) is 5.66. The normalized spacial score (nSPS) is 17.1. The van der Waals surface area contributed by atoms with Gasteiger partial charge in [0, 0.05) is 24.7 Å².